The Morgan fingerprint density at radius 2 is 1.81 bits per heavy atom. The molecule has 2 unspecified atom stereocenters. The molecule has 2 aromatic carbocycles. The highest BCUT2D eigenvalue weighted by atomic mass is 16.5. The van der Waals surface area contributed by atoms with E-state index in [4.69, 9.17) is 9.26 Å². The molecule has 3 heterocycles. The minimum absolute atomic E-state index is 0.0981. The van der Waals surface area contributed by atoms with E-state index in [9.17, 15) is 14.9 Å². The minimum Gasteiger partial charge on any atom is -0.371 e. The van der Waals surface area contributed by atoms with Gasteiger partial charge in [-0.3, -0.25) is 9.59 Å². The van der Waals surface area contributed by atoms with Crippen LogP contribution in [0.4, 0.5) is 5.69 Å². The molecule has 3 aromatic rings. The van der Waals surface area contributed by atoms with E-state index < -0.39 is 0 Å². The maximum atomic E-state index is 13.1. The number of carbonyl (C=O) groups is 2. The Kier molecular flexibility index (Phi) is 6.34. The summed E-state index contributed by atoms with van der Waals surface area (Å²) in [7, 11) is 0. The normalized spacial score (nSPS) is 18.9. The number of carbonyl (C=O) groups excluding carboxylic acids is 2. The lowest BCUT2D eigenvalue weighted by molar-refractivity contribution is -0.0314. The molecule has 2 amide bonds. The number of nitrogens with one attached hydrogen (secondary N) is 1. The van der Waals surface area contributed by atoms with Crippen molar-refractivity contribution in [2.75, 3.05) is 18.4 Å². The van der Waals surface area contributed by atoms with Gasteiger partial charge in [0.2, 0.25) is 5.76 Å². The van der Waals surface area contributed by atoms with Crippen molar-refractivity contribution in [3.63, 3.8) is 0 Å². The van der Waals surface area contributed by atoms with Crippen LogP contribution in [0.2, 0.25) is 0 Å². The number of ether oxygens (including phenoxy) is 1. The SMILES string of the molecule is Cc1ccc(NC(=O)c2cc(C#N)cc(C(C)(C)C)c2)cc1-c1cc(C(=O)N2CC3CCC(C2)O3)on1. The van der Waals surface area contributed by atoms with E-state index in [1.54, 1.807) is 17.0 Å². The number of rotatable bonds is 4. The van der Waals surface area contributed by atoms with Gasteiger partial charge in [-0.05, 0) is 66.6 Å². The van der Waals surface area contributed by atoms with Gasteiger partial charge in [0.05, 0.1) is 23.8 Å². The Balaban J connectivity index is 1.36. The first-order chi connectivity index (χ1) is 17.6. The summed E-state index contributed by atoms with van der Waals surface area (Å²) in [6.07, 6.45) is 2.15. The predicted octanol–water partition coefficient (Wildman–Crippen LogP) is 5.07. The van der Waals surface area contributed by atoms with Crippen LogP contribution in [0, 0.1) is 18.3 Å². The van der Waals surface area contributed by atoms with Gasteiger partial charge in [-0.15, -0.1) is 0 Å². The van der Waals surface area contributed by atoms with Crippen molar-refractivity contribution in [2.45, 2.75) is 58.2 Å². The second kappa shape index (κ2) is 9.49. The molecule has 8 nitrogen and oxygen atoms in total. The quantitative estimate of drug-likeness (QED) is 0.538. The minimum atomic E-state index is -0.310. The molecule has 5 rings (SSSR count). The van der Waals surface area contributed by atoms with Crippen LogP contribution in [0.15, 0.2) is 47.0 Å². The van der Waals surface area contributed by atoms with Crippen molar-refractivity contribution < 1.29 is 18.8 Å². The van der Waals surface area contributed by atoms with E-state index in [0.717, 1.165) is 29.5 Å². The van der Waals surface area contributed by atoms with Crippen LogP contribution < -0.4 is 5.32 Å². The average Bonchev–Trinajstić information content (AvgIpc) is 3.50. The molecule has 0 radical (unpaired) electrons. The zero-order valence-electron chi connectivity index (χ0n) is 21.5. The van der Waals surface area contributed by atoms with E-state index in [-0.39, 0.29) is 35.2 Å². The highest BCUT2D eigenvalue weighted by molar-refractivity contribution is 6.05. The fraction of sp³-hybridized carbons (Fsp3) is 0.379. The third-order valence-corrected chi connectivity index (χ3v) is 7.01. The van der Waals surface area contributed by atoms with Gasteiger partial charge < -0.3 is 19.5 Å². The summed E-state index contributed by atoms with van der Waals surface area (Å²) < 4.78 is 11.3. The summed E-state index contributed by atoms with van der Waals surface area (Å²) in [5, 5.41) is 16.5. The molecule has 2 saturated heterocycles. The van der Waals surface area contributed by atoms with Crippen molar-refractivity contribution in [1.82, 2.24) is 10.1 Å². The van der Waals surface area contributed by atoms with Gasteiger partial charge in [-0.25, -0.2) is 0 Å². The first-order valence-corrected chi connectivity index (χ1v) is 12.5. The smallest absolute Gasteiger partial charge is 0.292 e. The molecular weight excluding hydrogens is 468 g/mol. The molecule has 0 aliphatic carbocycles. The molecule has 0 saturated carbocycles. The van der Waals surface area contributed by atoms with E-state index in [2.05, 4.69) is 16.5 Å². The Bertz CT molecular complexity index is 1400. The lowest BCUT2D eigenvalue weighted by Gasteiger charge is -2.31. The Morgan fingerprint density at radius 3 is 2.49 bits per heavy atom. The van der Waals surface area contributed by atoms with Crippen LogP contribution in [-0.4, -0.2) is 47.2 Å². The summed E-state index contributed by atoms with van der Waals surface area (Å²) in [4.78, 5) is 27.9. The van der Waals surface area contributed by atoms with Crippen LogP contribution in [0.1, 0.15) is 71.2 Å². The first-order valence-electron chi connectivity index (χ1n) is 12.5. The molecule has 2 aliphatic heterocycles. The van der Waals surface area contributed by atoms with Crippen LogP contribution in [0.3, 0.4) is 0 Å². The predicted molar refractivity (Wildman–Crippen MR) is 138 cm³/mol. The zero-order chi connectivity index (χ0) is 26.3. The largest absolute Gasteiger partial charge is 0.371 e. The molecule has 190 valence electrons. The lowest BCUT2D eigenvalue weighted by Crippen LogP contribution is -2.45. The molecule has 2 bridgehead atoms. The standard InChI is InChI=1S/C29H30N4O4/c1-17-5-6-21(31-27(34)19-9-18(14-30)10-20(11-19)29(2,3)4)12-24(17)25-13-26(37-32-25)28(35)33-15-22-7-8-23(16-33)36-22/h5-6,9-13,22-23H,7-8,15-16H2,1-4H3,(H,31,34). The maximum absolute atomic E-state index is 13.1. The highest BCUT2D eigenvalue weighted by Gasteiger charge is 2.37. The number of likely N-dealkylation sites (tertiary alicyclic amines) is 1. The van der Waals surface area contributed by atoms with E-state index in [1.807, 2.05) is 58.0 Å². The molecule has 2 atom stereocenters. The topological polar surface area (TPSA) is 108 Å². The number of hydrogen-bond donors (Lipinski definition) is 1. The Labute approximate surface area is 216 Å². The van der Waals surface area contributed by atoms with Gasteiger partial charge >= 0.3 is 0 Å². The number of nitrogens with zero attached hydrogens (tertiary/aromatic N) is 3. The molecule has 37 heavy (non-hydrogen) atoms. The number of anilines is 1. The molecule has 8 heteroatoms. The average molecular weight is 499 g/mol. The monoisotopic (exact) mass is 498 g/mol. The summed E-state index contributed by atoms with van der Waals surface area (Å²) >= 11 is 0. The van der Waals surface area contributed by atoms with Crippen molar-refractivity contribution in [1.29, 1.82) is 5.26 Å². The van der Waals surface area contributed by atoms with Crippen LogP contribution in [-0.2, 0) is 10.2 Å². The van der Waals surface area contributed by atoms with Crippen molar-refractivity contribution in [2.24, 2.45) is 0 Å². The third kappa shape index (κ3) is 5.13. The molecule has 0 spiro atoms. The van der Waals surface area contributed by atoms with Gasteiger partial charge in [0, 0.05) is 36.0 Å². The first kappa shape index (κ1) is 24.7. The van der Waals surface area contributed by atoms with Gasteiger partial charge in [-0.2, -0.15) is 5.26 Å². The van der Waals surface area contributed by atoms with Crippen LogP contribution >= 0.6 is 0 Å². The van der Waals surface area contributed by atoms with Gasteiger partial charge in [0.1, 0.15) is 5.69 Å². The number of nitriles is 1. The summed E-state index contributed by atoms with van der Waals surface area (Å²) in [6, 6.07) is 14.5. The number of hydrogen-bond acceptors (Lipinski definition) is 6. The van der Waals surface area contributed by atoms with E-state index in [1.165, 1.54) is 0 Å². The number of aromatic nitrogens is 1. The second-order valence-electron chi connectivity index (χ2n) is 10.9. The number of benzene rings is 2. The Hall–Kier alpha value is -3.96. The van der Waals surface area contributed by atoms with E-state index >= 15 is 0 Å². The van der Waals surface area contributed by atoms with Gasteiger partial charge in [-0.1, -0.05) is 32.0 Å². The van der Waals surface area contributed by atoms with Crippen molar-refractivity contribution in [3.05, 3.63) is 70.5 Å². The van der Waals surface area contributed by atoms with Gasteiger partial charge in [0.15, 0.2) is 0 Å². The summed E-state index contributed by atoms with van der Waals surface area (Å²) in [6.45, 7) is 9.18. The Morgan fingerprint density at radius 1 is 1.08 bits per heavy atom. The number of amides is 2. The second-order valence-corrected chi connectivity index (χ2v) is 10.9. The summed E-state index contributed by atoms with van der Waals surface area (Å²) in [5.74, 6) is -0.309. The third-order valence-electron chi connectivity index (χ3n) is 7.01. The number of aryl methyl sites for hydroxylation is 1. The molecular formula is C29H30N4O4. The molecule has 1 N–H and O–H groups in total. The maximum Gasteiger partial charge on any atom is 0.292 e. The van der Waals surface area contributed by atoms with Crippen molar-refractivity contribution in [3.8, 4) is 17.3 Å². The molecule has 2 fully saturated rings. The van der Waals surface area contributed by atoms with Crippen molar-refractivity contribution >= 4 is 17.5 Å². The van der Waals surface area contributed by atoms with Crippen LogP contribution in [0.5, 0.6) is 0 Å². The van der Waals surface area contributed by atoms with Crippen LogP contribution in [0.25, 0.3) is 11.3 Å². The molecule has 2 aliphatic rings. The zero-order valence-corrected chi connectivity index (χ0v) is 21.5. The number of fused-ring (bicyclic) bond motifs is 2. The number of morpholine rings is 1. The highest BCUT2D eigenvalue weighted by Crippen LogP contribution is 2.30. The fourth-order valence-corrected chi connectivity index (χ4v) is 4.87. The lowest BCUT2D eigenvalue weighted by atomic mass is 9.85. The summed E-state index contributed by atoms with van der Waals surface area (Å²) in [5.41, 5.74) is 4.34. The van der Waals surface area contributed by atoms with Gasteiger partial charge in [0.25, 0.3) is 11.8 Å². The fourth-order valence-electron chi connectivity index (χ4n) is 4.87. The van der Waals surface area contributed by atoms with E-state index in [0.29, 0.717) is 35.6 Å². The molecule has 1 aromatic heterocycles.